The van der Waals surface area contributed by atoms with Gasteiger partial charge in [0.2, 0.25) is 17.7 Å². The van der Waals surface area contributed by atoms with E-state index >= 15 is 0 Å². The normalized spacial score (nSPS) is 15.9. The van der Waals surface area contributed by atoms with E-state index in [4.69, 9.17) is 4.52 Å². The SMILES string of the molecule is CC(C)(C)c1cc(NC(=O)CN2CSCC2=O)on1. The Labute approximate surface area is 115 Å². The third kappa shape index (κ3) is 3.50. The van der Waals surface area contributed by atoms with Crippen LogP contribution in [0.1, 0.15) is 26.5 Å². The molecule has 0 unspecified atom stereocenters. The second-order valence-corrected chi connectivity index (χ2v) is 6.40. The van der Waals surface area contributed by atoms with E-state index in [1.54, 1.807) is 6.07 Å². The van der Waals surface area contributed by atoms with Crippen LogP contribution in [0.2, 0.25) is 0 Å². The minimum Gasteiger partial charge on any atom is -0.338 e. The summed E-state index contributed by atoms with van der Waals surface area (Å²) in [5.41, 5.74) is 0.643. The van der Waals surface area contributed by atoms with Crippen LogP contribution < -0.4 is 5.32 Å². The highest BCUT2D eigenvalue weighted by atomic mass is 32.2. The molecular weight excluding hydrogens is 266 g/mol. The zero-order chi connectivity index (χ0) is 14.0. The third-order valence-electron chi connectivity index (χ3n) is 2.70. The summed E-state index contributed by atoms with van der Waals surface area (Å²) < 4.78 is 5.06. The first kappa shape index (κ1) is 13.9. The summed E-state index contributed by atoms with van der Waals surface area (Å²) >= 11 is 1.51. The standard InChI is InChI=1S/C12H17N3O3S/c1-12(2,3)8-4-10(18-14-8)13-9(16)5-15-7-19-6-11(15)17/h4H,5-7H2,1-3H3,(H,13,16). The molecule has 2 heterocycles. The van der Waals surface area contributed by atoms with Crippen molar-refractivity contribution in [1.82, 2.24) is 10.1 Å². The monoisotopic (exact) mass is 283 g/mol. The lowest BCUT2D eigenvalue weighted by Gasteiger charge is -2.13. The Morgan fingerprint density at radius 3 is 2.84 bits per heavy atom. The highest BCUT2D eigenvalue weighted by Gasteiger charge is 2.24. The predicted molar refractivity (Wildman–Crippen MR) is 72.9 cm³/mol. The number of nitrogens with zero attached hydrogens (tertiary/aromatic N) is 2. The number of nitrogens with one attached hydrogen (secondary N) is 1. The van der Waals surface area contributed by atoms with E-state index in [1.807, 2.05) is 20.8 Å². The fourth-order valence-corrected chi connectivity index (χ4v) is 2.48. The van der Waals surface area contributed by atoms with Gasteiger partial charge in [0.1, 0.15) is 6.54 Å². The Morgan fingerprint density at radius 2 is 2.32 bits per heavy atom. The van der Waals surface area contributed by atoms with E-state index in [0.29, 0.717) is 17.5 Å². The maximum Gasteiger partial charge on any atom is 0.246 e. The molecule has 0 aromatic carbocycles. The Kier molecular flexibility index (Phi) is 3.84. The van der Waals surface area contributed by atoms with Crippen molar-refractivity contribution in [3.05, 3.63) is 11.8 Å². The van der Waals surface area contributed by atoms with Crippen molar-refractivity contribution in [1.29, 1.82) is 0 Å². The molecule has 0 bridgehead atoms. The minimum absolute atomic E-state index is 0.00639. The van der Waals surface area contributed by atoms with Crippen LogP contribution in [0.4, 0.5) is 5.88 Å². The van der Waals surface area contributed by atoms with Crippen LogP contribution in [-0.4, -0.2) is 40.0 Å². The molecule has 2 amide bonds. The number of rotatable bonds is 3. The first-order valence-electron chi connectivity index (χ1n) is 5.99. The number of hydrogen-bond acceptors (Lipinski definition) is 5. The Balaban J connectivity index is 1.92. The Bertz CT molecular complexity index is 493. The first-order valence-corrected chi connectivity index (χ1v) is 7.14. The van der Waals surface area contributed by atoms with Crippen molar-refractivity contribution in [2.75, 3.05) is 23.5 Å². The molecular formula is C12H17N3O3S. The quantitative estimate of drug-likeness (QED) is 0.908. The fraction of sp³-hybridized carbons (Fsp3) is 0.583. The number of thioether (sulfide) groups is 1. The van der Waals surface area contributed by atoms with E-state index in [1.165, 1.54) is 16.7 Å². The number of hydrogen-bond donors (Lipinski definition) is 1. The predicted octanol–water partition coefficient (Wildman–Crippen LogP) is 1.44. The first-order chi connectivity index (χ1) is 8.86. The fourth-order valence-electron chi connectivity index (χ4n) is 1.58. The Hall–Kier alpha value is -1.50. The summed E-state index contributed by atoms with van der Waals surface area (Å²) in [7, 11) is 0. The summed E-state index contributed by atoms with van der Waals surface area (Å²) in [6.45, 7) is 6.08. The van der Waals surface area contributed by atoms with E-state index in [9.17, 15) is 9.59 Å². The number of anilines is 1. The highest BCUT2D eigenvalue weighted by molar-refractivity contribution is 8.00. The molecule has 1 aliphatic rings. The molecule has 104 valence electrons. The second kappa shape index (κ2) is 5.24. The molecule has 0 aliphatic carbocycles. The van der Waals surface area contributed by atoms with Crippen molar-refractivity contribution < 1.29 is 14.1 Å². The van der Waals surface area contributed by atoms with Gasteiger partial charge in [0, 0.05) is 11.5 Å². The molecule has 6 nitrogen and oxygen atoms in total. The maximum absolute atomic E-state index is 11.8. The van der Waals surface area contributed by atoms with Gasteiger partial charge < -0.3 is 9.42 Å². The van der Waals surface area contributed by atoms with Crippen LogP contribution >= 0.6 is 11.8 Å². The average Bonchev–Trinajstić information content (AvgIpc) is 2.88. The smallest absolute Gasteiger partial charge is 0.246 e. The highest BCUT2D eigenvalue weighted by Crippen LogP contribution is 2.23. The van der Waals surface area contributed by atoms with Gasteiger partial charge in [-0.1, -0.05) is 25.9 Å². The zero-order valence-corrected chi connectivity index (χ0v) is 12.0. The van der Waals surface area contributed by atoms with Gasteiger partial charge in [-0.15, -0.1) is 11.8 Å². The minimum atomic E-state index is -0.271. The molecule has 0 radical (unpaired) electrons. The summed E-state index contributed by atoms with van der Waals surface area (Å²) in [4.78, 5) is 24.7. The van der Waals surface area contributed by atoms with Crippen LogP contribution in [0, 0.1) is 0 Å². The van der Waals surface area contributed by atoms with Gasteiger partial charge in [0.05, 0.1) is 17.3 Å². The van der Waals surface area contributed by atoms with Gasteiger partial charge in [-0.05, 0) is 0 Å². The van der Waals surface area contributed by atoms with E-state index < -0.39 is 0 Å². The van der Waals surface area contributed by atoms with Gasteiger partial charge in [0.15, 0.2) is 0 Å². The molecule has 2 rings (SSSR count). The second-order valence-electron chi connectivity index (χ2n) is 5.44. The summed E-state index contributed by atoms with van der Waals surface area (Å²) in [5.74, 6) is 1.05. The van der Waals surface area contributed by atoms with Crippen molar-refractivity contribution in [3.63, 3.8) is 0 Å². The lowest BCUT2D eigenvalue weighted by molar-refractivity contribution is -0.130. The van der Waals surface area contributed by atoms with Gasteiger partial charge in [-0.3, -0.25) is 14.9 Å². The van der Waals surface area contributed by atoms with Gasteiger partial charge in [-0.25, -0.2) is 0 Å². The molecule has 1 aromatic heterocycles. The Morgan fingerprint density at radius 1 is 1.58 bits per heavy atom. The number of amides is 2. The van der Waals surface area contributed by atoms with Crippen molar-refractivity contribution >= 4 is 29.5 Å². The largest absolute Gasteiger partial charge is 0.338 e. The molecule has 0 saturated carbocycles. The molecule has 1 aliphatic heterocycles. The molecule has 19 heavy (non-hydrogen) atoms. The lowest BCUT2D eigenvalue weighted by Crippen LogP contribution is -2.34. The molecule has 7 heteroatoms. The van der Waals surface area contributed by atoms with Gasteiger partial charge in [0.25, 0.3) is 0 Å². The van der Waals surface area contributed by atoms with Crippen molar-refractivity contribution in [2.24, 2.45) is 0 Å². The molecule has 1 N–H and O–H groups in total. The van der Waals surface area contributed by atoms with Crippen LogP contribution in [0.15, 0.2) is 10.6 Å². The van der Waals surface area contributed by atoms with E-state index in [0.717, 1.165) is 5.69 Å². The summed E-state index contributed by atoms with van der Waals surface area (Å²) in [6, 6.07) is 1.71. The van der Waals surface area contributed by atoms with E-state index in [2.05, 4.69) is 10.5 Å². The molecule has 1 saturated heterocycles. The zero-order valence-electron chi connectivity index (χ0n) is 11.2. The van der Waals surface area contributed by atoms with E-state index in [-0.39, 0.29) is 23.8 Å². The summed E-state index contributed by atoms with van der Waals surface area (Å²) in [6.07, 6.45) is 0. The van der Waals surface area contributed by atoms with Crippen LogP contribution in [-0.2, 0) is 15.0 Å². The number of carbonyl (C=O) groups excluding carboxylic acids is 2. The molecule has 0 spiro atoms. The number of carbonyl (C=O) groups is 2. The van der Waals surface area contributed by atoms with Crippen molar-refractivity contribution in [3.8, 4) is 0 Å². The lowest BCUT2D eigenvalue weighted by atomic mass is 9.92. The summed E-state index contributed by atoms with van der Waals surface area (Å²) in [5, 5.41) is 6.52. The van der Waals surface area contributed by atoms with Crippen LogP contribution in [0.5, 0.6) is 0 Å². The molecule has 0 atom stereocenters. The van der Waals surface area contributed by atoms with Gasteiger partial charge >= 0.3 is 0 Å². The van der Waals surface area contributed by atoms with Crippen LogP contribution in [0.25, 0.3) is 0 Å². The topological polar surface area (TPSA) is 75.4 Å². The third-order valence-corrected chi connectivity index (χ3v) is 3.65. The average molecular weight is 283 g/mol. The van der Waals surface area contributed by atoms with Gasteiger partial charge in [-0.2, -0.15) is 0 Å². The van der Waals surface area contributed by atoms with Crippen molar-refractivity contribution in [2.45, 2.75) is 26.2 Å². The van der Waals surface area contributed by atoms with Crippen LogP contribution in [0.3, 0.4) is 0 Å². The number of aromatic nitrogens is 1. The molecule has 1 fully saturated rings. The maximum atomic E-state index is 11.8. The molecule has 1 aromatic rings.